The van der Waals surface area contributed by atoms with Gasteiger partial charge in [-0.25, -0.2) is 0 Å². The fourth-order valence-corrected chi connectivity index (χ4v) is 6.87. The number of thiophene rings is 1. The third-order valence-corrected chi connectivity index (χ3v) is 9.00. The van der Waals surface area contributed by atoms with E-state index in [4.69, 9.17) is 5.73 Å². The summed E-state index contributed by atoms with van der Waals surface area (Å²) in [5.41, 5.74) is 13.8. The number of hydrogen-bond donors (Lipinski definition) is 2. The molecule has 1 unspecified atom stereocenters. The Labute approximate surface area is 245 Å². The van der Waals surface area contributed by atoms with Crippen molar-refractivity contribution >= 4 is 45.4 Å². The molecule has 0 bridgehead atoms. The van der Waals surface area contributed by atoms with Crippen LogP contribution in [0.5, 0.6) is 0 Å². The van der Waals surface area contributed by atoms with Crippen LogP contribution >= 0.6 is 11.3 Å². The maximum Gasteiger partial charge on any atom is 0.250 e. The summed E-state index contributed by atoms with van der Waals surface area (Å²) in [5, 5.41) is 8.21. The normalized spacial score (nSPS) is 17.9. The standard InChI is InChI=1S/C33H37N5O2S/c1-21(2)37-19-25(26-10-4-5-11-29(26)37)16-27(34)32(39)35-28-17-24-9-6-12-30(36-14-7-8-22(36)3)31(24)38(33(28)40)18-23-13-15-41-20-23/h4-6,9-13,15,19-21,27-28H,3,7-8,14,16-18,34H2,1-2H3,(H,35,39)/t27-,28?/m1/s1. The van der Waals surface area contributed by atoms with E-state index in [9.17, 15) is 9.59 Å². The highest BCUT2D eigenvalue weighted by Gasteiger charge is 2.37. The number of anilines is 2. The fraction of sp³-hybridized carbons (Fsp3) is 0.333. The number of carbonyl (C=O) groups excluding carboxylic acids is 2. The number of para-hydroxylation sites is 2. The van der Waals surface area contributed by atoms with Gasteiger partial charge in [0.05, 0.1) is 24.0 Å². The Morgan fingerprint density at radius 3 is 2.73 bits per heavy atom. The van der Waals surface area contributed by atoms with Gasteiger partial charge in [0.2, 0.25) is 11.8 Å². The number of benzene rings is 2. The van der Waals surface area contributed by atoms with Gasteiger partial charge in [-0.3, -0.25) is 9.59 Å². The van der Waals surface area contributed by atoms with E-state index in [2.05, 4.69) is 71.1 Å². The Balaban J connectivity index is 1.26. The first-order valence-corrected chi connectivity index (χ1v) is 15.3. The highest BCUT2D eigenvalue weighted by Crippen LogP contribution is 2.41. The van der Waals surface area contributed by atoms with Gasteiger partial charge in [-0.2, -0.15) is 11.3 Å². The van der Waals surface area contributed by atoms with Crippen molar-refractivity contribution in [2.45, 2.75) is 64.2 Å². The van der Waals surface area contributed by atoms with Crippen LogP contribution in [0.15, 0.2) is 77.8 Å². The maximum atomic E-state index is 14.1. The van der Waals surface area contributed by atoms with Gasteiger partial charge in [0, 0.05) is 41.8 Å². The first-order valence-electron chi connectivity index (χ1n) is 14.4. The molecular formula is C33H37N5O2S. The molecule has 7 nitrogen and oxygen atoms in total. The summed E-state index contributed by atoms with van der Waals surface area (Å²) in [4.78, 5) is 31.6. The molecular weight excluding hydrogens is 530 g/mol. The monoisotopic (exact) mass is 567 g/mol. The molecule has 0 spiro atoms. The second kappa shape index (κ2) is 11.2. The van der Waals surface area contributed by atoms with Gasteiger partial charge in [0.25, 0.3) is 0 Å². The second-order valence-corrected chi connectivity index (χ2v) is 12.2. The SMILES string of the molecule is C=C1CCCN1c1cccc2c1N(Cc1ccsc1)C(=O)C(NC(=O)[C@H](N)Cc1cn(C(C)C)c3ccccc13)C2. The molecule has 1 saturated heterocycles. The van der Waals surface area contributed by atoms with Crippen LogP contribution in [0.2, 0.25) is 0 Å². The van der Waals surface area contributed by atoms with Gasteiger partial charge >= 0.3 is 0 Å². The Morgan fingerprint density at radius 2 is 2.00 bits per heavy atom. The van der Waals surface area contributed by atoms with Crippen LogP contribution in [-0.4, -0.2) is 35.0 Å². The second-order valence-electron chi connectivity index (χ2n) is 11.4. The summed E-state index contributed by atoms with van der Waals surface area (Å²) in [6.07, 6.45) is 4.92. The lowest BCUT2D eigenvalue weighted by Crippen LogP contribution is -2.56. The largest absolute Gasteiger partial charge is 0.345 e. The third kappa shape index (κ3) is 5.18. The summed E-state index contributed by atoms with van der Waals surface area (Å²) in [6.45, 7) is 9.88. The van der Waals surface area contributed by atoms with Crippen LogP contribution in [0.3, 0.4) is 0 Å². The number of nitrogens with zero attached hydrogens (tertiary/aromatic N) is 3. The highest BCUT2D eigenvalue weighted by atomic mass is 32.1. The molecule has 2 aromatic heterocycles. The number of amides is 2. The van der Waals surface area contributed by atoms with Crippen molar-refractivity contribution in [1.29, 1.82) is 0 Å². The van der Waals surface area contributed by atoms with Crippen molar-refractivity contribution in [1.82, 2.24) is 9.88 Å². The van der Waals surface area contributed by atoms with Crippen LogP contribution in [-0.2, 0) is 29.0 Å². The zero-order valence-corrected chi connectivity index (χ0v) is 24.5. The van der Waals surface area contributed by atoms with E-state index in [0.29, 0.717) is 19.4 Å². The van der Waals surface area contributed by atoms with Gasteiger partial charge in [-0.05, 0) is 78.8 Å². The quantitative estimate of drug-likeness (QED) is 0.293. The van der Waals surface area contributed by atoms with Crippen LogP contribution in [0, 0.1) is 0 Å². The van der Waals surface area contributed by atoms with E-state index in [1.54, 1.807) is 11.3 Å². The number of hydrogen-bond acceptors (Lipinski definition) is 5. The van der Waals surface area contributed by atoms with E-state index in [1.807, 2.05) is 34.5 Å². The number of rotatable bonds is 8. The Hall–Kier alpha value is -3.88. The smallest absolute Gasteiger partial charge is 0.250 e. The van der Waals surface area contributed by atoms with Crippen LogP contribution in [0.4, 0.5) is 11.4 Å². The van der Waals surface area contributed by atoms with E-state index in [1.165, 1.54) is 0 Å². The highest BCUT2D eigenvalue weighted by molar-refractivity contribution is 7.07. The average molecular weight is 568 g/mol. The Kier molecular flexibility index (Phi) is 7.45. The molecule has 1 fully saturated rings. The summed E-state index contributed by atoms with van der Waals surface area (Å²) in [6, 6.07) is 15.2. The molecule has 0 aliphatic carbocycles. The van der Waals surface area contributed by atoms with E-state index < -0.39 is 12.1 Å². The minimum Gasteiger partial charge on any atom is -0.345 e. The first-order chi connectivity index (χ1) is 19.8. The van der Waals surface area contributed by atoms with Crippen molar-refractivity contribution in [3.8, 4) is 0 Å². The summed E-state index contributed by atoms with van der Waals surface area (Å²) in [5.74, 6) is -0.425. The first kappa shape index (κ1) is 27.3. The van der Waals surface area contributed by atoms with Gasteiger partial charge < -0.3 is 25.4 Å². The zero-order valence-electron chi connectivity index (χ0n) is 23.7. The third-order valence-electron chi connectivity index (χ3n) is 8.27. The van der Waals surface area contributed by atoms with Crippen molar-refractivity contribution in [3.63, 3.8) is 0 Å². The van der Waals surface area contributed by atoms with Crippen molar-refractivity contribution in [2.24, 2.45) is 5.73 Å². The molecule has 3 N–H and O–H groups in total. The minimum atomic E-state index is -0.778. The number of fused-ring (bicyclic) bond motifs is 2. The Bertz CT molecular complexity index is 1610. The summed E-state index contributed by atoms with van der Waals surface area (Å²) in [7, 11) is 0. The molecule has 0 radical (unpaired) electrons. The van der Waals surface area contributed by atoms with Crippen molar-refractivity contribution in [2.75, 3.05) is 16.3 Å². The molecule has 41 heavy (non-hydrogen) atoms. The number of nitrogens with two attached hydrogens (primary N) is 1. The molecule has 4 aromatic rings. The summed E-state index contributed by atoms with van der Waals surface area (Å²) >= 11 is 1.61. The molecule has 2 atom stereocenters. The van der Waals surface area contributed by atoms with Gasteiger partial charge in [0.15, 0.2) is 0 Å². The molecule has 2 aliphatic heterocycles. The zero-order chi connectivity index (χ0) is 28.7. The van der Waals surface area contributed by atoms with Crippen LogP contribution < -0.4 is 20.9 Å². The predicted molar refractivity (Wildman–Crippen MR) is 167 cm³/mol. The average Bonchev–Trinajstić information content (AvgIpc) is 3.71. The number of aromatic nitrogens is 1. The molecule has 0 saturated carbocycles. The lowest BCUT2D eigenvalue weighted by atomic mass is 9.94. The molecule has 8 heteroatoms. The molecule has 2 aromatic carbocycles. The van der Waals surface area contributed by atoms with Crippen molar-refractivity contribution < 1.29 is 9.59 Å². The Morgan fingerprint density at radius 1 is 1.17 bits per heavy atom. The van der Waals surface area contributed by atoms with Gasteiger partial charge in [0.1, 0.15) is 6.04 Å². The number of carbonyl (C=O) groups is 2. The van der Waals surface area contributed by atoms with E-state index in [0.717, 1.165) is 64.1 Å². The lowest BCUT2D eigenvalue weighted by Gasteiger charge is -2.38. The predicted octanol–water partition coefficient (Wildman–Crippen LogP) is 5.54. The van der Waals surface area contributed by atoms with E-state index in [-0.39, 0.29) is 17.9 Å². The minimum absolute atomic E-state index is 0.113. The van der Waals surface area contributed by atoms with Gasteiger partial charge in [-0.15, -0.1) is 0 Å². The number of nitrogens with one attached hydrogen (secondary N) is 1. The number of allylic oxidation sites excluding steroid dienone is 1. The fourth-order valence-electron chi connectivity index (χ4n) is 6.21. The topological polar surface area (TPSA) is 83.6 Å². The van der Waals surface area contributed by atoms with Gasteiger partial charge in [-0.1, -0.05) is 36.9 Å². The molecule has 6 rings (SSSR count). The summed E-state index contributed by atoms with van der Waals surface area (Å²) < 4.78 is 2.21. The molecule has 212 valence electrons. The van der Waals surface area contributed by atoms with Crippen LogP contribution in [0.25, 0.3) is 10.9 Å². The van der Waals surface area contributed by atoms with E-state index >= 15 is 0 Å². The molecule has 2 aliphatic rings. The molecule has 2 amide bonds. The van der Waals surface area contributed by atoms with Crippen LogP contribution in [0.1, 0.15) is 49.4 Å². The van der Waals surface area contributed by atoms with Crippen molar-refractivity contribution in [3.05, 3.63) is 94.5 Å². The lowest BCUT2D eigenvalue weighted by molar-refractivity contribution is -0.128. The maximum absolute atomic E-state index is 14.1. The molecule has 4 heterocycles.